The van der Waals surface area contributed by atoms with Crippen molar-refractivity contribution in [1.29, 1.82) is 0 Å². The molecule has 0 aliphatic carbocycles. The minimum atomic E-state index is -4.44. The van der Waals surface area contributed by atoms with E-state index < -0.39 is 26.5 Å². The number of rotatable bonds is 38. The maximum Gasteiger partial charge on any atom is 0.472 e. The van der Waals surface area contributed by atoms with E-state index in [1.807, 2.05) is 6.08 Å². The van der Waals surface area contributed by atoms with Gasteiger partial charge >= 0.3 is 13.8 Å². The minimum Gasteiger partial charge on any atom is -0.463 e. The number of phosphoric ester groups is 1. The van der Waals surface area contributed by atoms with E-state index in [0.717, 1.165) is 70.6 Å². The molecule has 0 heterocycles. The number of hydrogen-bond acceptors (Lipinski definition) is 7. The Labute approximate surface area is 334 Å². The van der Waals surface area contributed by atoms with Gasteiger partial charge in [0.05, 0.1) is 13.2 Å². The van der Waals surface area contributed by atoms with Crippen molar-refractivity contribution >= 4 is 19.7 Å². The van der Waals surface area contributed by atoms with Gasteiger partial charge in [0.25, 0.3) is 0 Å². The van der Waals surface area contributed by atoms with E-state index in [9.17, 15) is 24.2 Å². The van der Waals surface area contributed by atoms with Crippen LogP contribution in [0.2, 0.25) is 0 Å². The molecular formula is C45H76NO8P. The summed E-state index contributed by atoms with van der Waals surface area (Å²) in [5.74, 6) is -0.591. The molecule has 0 aromatic rings. The molecule has 0 aliphatic rings. The Morgan fingerprint density at radius 2 is 1.05 bits per heavy atom. The lowest BCUT2D eigenvalue weighted by Crippen LogP contribution is -2.27. The summed E-state index contributed by atoms with van der Waals surface area (Å²) in [5.41, 5.74) is 0. The van der Waals surface area contributed by atoms with Crippen LogP contribution in [-0.4, -0.2) is 54.3 Å². The summed E-state index contributed by atoms with van der Waals surface area (Å²) in [6, 6.07) is 0. The van der Waals surface area contributed by atoms with Crippen molar-refractivity contribution in [2.45, 2.75) is 161 Å². The maximum atomic E-state index is 12.1. The highest BCUT2D eigenvalue weighted by Gasteiger charge is 2.23. The molecule has 0 aromatic heterocycles. The third kappa shape index (κ3) is 42.2. The Bertz CT molecular complexity index is 1170. The molecule has 0 bridgehead atoms. The fraction of sp³-hybridized carbons (Fsp3) is 0.644. The van der Waals surface area contributed by atoms with Gasteiger partial charge in [-0.05, 0) is 83.5 Å². The summed E-state index contributed by atoms with van der Waals surface area (Å²) in [5, 5.41) is 12.7. The Morgan fingerprint density at radius 3 is 1.60 bits per heavy atom. The minimum absolute atomic E-state index is 0.0645. The lowest BCUT2D eigenvalue weighted by Gasteiger charge is -2.15. The standard InChI is InChI=1S/C45H76NO8P/c1-3-5-7-9-11-13-15-17-19-21-23-25-27-29-31-33-35-37-44(48)46-39-40-53-55(50,51)54-42-43(47)41-52-45(49)38-36-34-32-30-28-26-24-22-20-18-16-14-12-10-8-6-4-2/h5,7,11-14,17-20,24,26,30,32,43,47H,3-4,6,8-10,15-16,21-23,25,27-29,31,33-42H2,1-2H3,(H,46,48)(H,50,51)/b7-5-,13-11-,14-12-,19-17-,20-18-,26-24-,32-30-. The van der Waals surface area contributed by atoms with E-state index >= 15 is 0 Å². The van der Waals surface area contributed by atoms with Gasteiger partial charge in [0.2, 0.25) is 5.91 Å². The second-order valence-corrected chi connectivity index (χ2v) is 15.0. The normalized spacial score (nSPS) is 14.2. The van der Waals surface area contributed by atoms with Crippen LogP contribution in [0, 0.1) is 0 Å². The number of ether oxygens (including phenoxy) is 1. The van der Waals surface area contributed by atoms with Crippen LogP contribution in [0.1, 0.15) is 155 Å². The number of phosphoric acid groups is 1. The van der Waals surface area contributed by atoms with Crippen LogP contribution in [0.5, 0.6) is 0 Å². The first-order valence-electron chi connectivity index (χ1n) is 21.1. The highest BCUT2D eigenvalue weighted by Crippen LogP contribution is 2.42. The van der Waals surface area contributed by atoms with Gasteiger partial charge in [-0.25, -0.2) is 4.57 Å². The molecule has 0 aliphatic heterocycles. The number of hydrogen-bond donors (Lipinski definition) is 3. The van der Waals surface area contributed by atoms with Crippen molar-refractivity contribution in [3.8, 4) is 0 Å². The van der Waals surface area contributed by atoms with E-state index in [4.69, 9.17) is 13.8 Å². The predicted molar refractivity (Wildman–Crippen MR) is 229 cm³/mol. The van der Waals surface area contributed by atoms with Crippen molar-refractivity contribution < 1.29 is 37.9 Å². The van der Waals surface area contributed by atoms with Crippen molar-refractivity contribution in [2.24, 2.45) is 0 Å². The first kappa shape index (κ1) is 52.2. The SMILES string of the molecule is CC/C=C\C/C=C\C/C=C\CCCCCCCCCC(=O)NCCOP(=O)(O)OCC(O)COC(=O)CCC/C=C\C/C=C\C/C=C\C/C=C\CCCCC. The second-order valence-electron chi connectivity index (χ2n) is 13.6. The molecule has 0 saturated carbocycles. The predicted octanol–water partition coefficient (Wildman–Crippen LogP) is 11.7. The molecule has 0 fully saturated rings. The van der Waals surface area contributed by atoms with Gasteiger partial charge in [0.15, 0.2) is 0 Å². The summed E-state index contributed by atoms with van der Waals surface area (Å²) in [4.78, 5) is 33.9. The van der Waals surface area contributed by atoms with Crippen LogP contribution in [0.25, 0.3) is 0 Å². The molecule has 0 saturated heterocycles. The van der Waals surface area contributed by atoms with Crippen molar-refractivity contribution in [3.05, 3.63) is 85.1 Å². The van der Waals surface area contributed by atoms with Crippen molar-refractivity contribution in [2.75, 3.05) is 26.4 Å². The number of unbranched alkanes of at least 4 members (excludes halogenated alkanes) is 11. The molecule has 2 atom stereocenters. The molecule has 9 nitrogen and oxygen atoms in total. The molecule has 10 heteroatoms. The Hall–Kier alpha value is -2.81. The van der Waals surface area contributed by atoms with E-state index in [-0.39, 0.29) is 32.1 Å². The quantitative estimate of drug-likeness (QED) is 0.0244. The molecule has 2 unspecified atom stereocenters. The lowest BCUT2D eigenvalue weighted by molar-refractivity contribution is -0.147. The zero-order valence-electron chi connectivity index (χ0n) is 34.3. The first-order chi connectivity index (χ1) is 26.8. The zero-order chi connectivity index (χ0) is 40.3. The summed E-state index contributed by atoms with van der Waals surface area (Å²) < 4.78 is 26.8. The topological polar surface area (TPSA) is 131 Å². The largest absolute Gasteiger partial charge is 0.472 e. The molecule has 3 N–H and O–H groups in total. The molecule has 55 heavy (non-hydrogen) atoms. The van der Waals surface area contributed by atoms with Crippen LogP contribution >= 0.6 is 7.82 Å². The summed E-state index contributed by atoms with van der Waals surface area (Å²) in [6.45, 7) is 3.32. The average molecular weight is 790 g/mol. The highest BCUT2D eigenvalue weighted by molar-refractivity contribution is 7.47. The highest BCUT2D eigenvalue weighted by atomic mass is 31.2. The molecule has 1 amide bonds. The Kier molecular flexibility index (Phi) is 38.8. The molecule has 0 radical (unpaired) electrons. The van der Waals surface area contributed by atoms with Crippen LogP contribution < -0.4 is 5.32 Å². The number of esters is 1. The van der Waals surface area contributed by atoms with Gasteiger partial charge in [-0.2, -0.15) is 0 Å². The molecule has 314 valence electrons. The molecule has 0 aromatic carbocycles. The zero-order valence-corrected chi connectivity index (χ0v) is 35.2. The van der Waals surface area contributed by atoms with Crippen LogP contribution in [0.15, 0.2) is 85.1 Å². The lowest BCUT2D eigenvalue weighted by atomic mass is 10.1. The van der Waals surface area contributed by atoms with Crippen molar-refractivity contribution in [3.63, 3.8) is 0 Å². The maximum absolute atomic E-state index is 12.1. The van der Waals surface area contributed by atoms with Gasteiger partial charge in [0.1, 0.15) is 12.7 Å². The average Bonchev–Trinajstić information content (AvgIpc) is 3.17. The number of aliphatic hydroxyl groups is 1. The van der Waals surface area contributed by atoms with Gasteiger partial charge in [-0.3, -0.25) is 18.6 Å². The second kappa shape index (κ2) is 40.8. The van der Waals surface area contributed by atoms with Crippen LogP contribution in [-0.2, 0) is 27.9 Å². The van der Waals surface area contributed by atoms with E-state index in [0.29, 0.717) is 12.8 Å². The first-order valence-corrected chi connectivity index (χ1v) is 22.6. The van der Waals surface area contributed by atoms with Gasteiger partial charge in [-0.1, -0.05) is 144 Å². The van der Waals surface area contributed by atoms with Crippen LogP contribution in [0.4, 0.5) is 0 Å². The number of aliphatic hydroxyl groups excluding tert-OH is 1. The van der Waals surface area contributed by atoms with Gasteiger partial charge < -0.3 is 20.1 Å². The Balaban J connectivity index is 3.72. The van der Waals surface area contributed by atoms with Gasteiger partial charge in [-0.15, -0.1) is 0 Å². The summed E-state index contributed by atoms with van der Waals surface area (Å²) in [6.07, 6.45) is 50.9. The number of allylic oxidation sites excluding steroid dienone is 14. The van der Waals surface area contributed by atoms with Crippen LogP contribution in [0.3, 0.4) is 0 Å². The summed E-state index contributed by atoms with van der Waals surface area (Å²) in [7, 11) is -4.44. The summed E-state index contributed by atoms with van der Waals surface area (Å²) >= 11 is 0. The molecule has 0 spiro atoms. The Morgan fingerprint density at radius 1 is 0.582 bits per heavy atom. The van der Waals surface area contributed by atoms with Gasteiger partial charge in [0, 0.05) is 19.4 Å². The number of amides is 1. The monoisotopic (exact) mass is 790 g/mol. The van der Waals surface area contributed by atoms with E-state index in [1.165, 1.54) is 51.4 Å². The van der Waals surface area contributed by atoms with E-state index in [1.54, 1.807) is 0 Å². The van der Waals surface area contributed by atoms with Crippen molar-refractivity contribution in [1.82, 2.24) is 5.32 Å². The molecular weight excluding hydrogens is 713 g/mol. The number of carbonyl (C=O) groups is 2. The fourth-order valence-electron chi connectivity index (χ4n) is 5.15. The number of carbonyl (C=O) groups excluding carboxylic acids is 2. The van der Waals surface area contributed by atoms with E-state index in [2.05, 4.69) is 98.2 Å². The molecule has 0 rings (SSSR count). The third-order valence-corrected chi connectivity index (χ3v) is 9.29. The number of nitrogens with one attached hydrogen (secondary N) is 1. The smallest absolute Gasteiger partial charge is 0.463 e. The fourth-order valence-corrected chi connectivity index (χ4v) is 5.91. The third-order valence-electron chi connectivity index (χ3n) is 8.31.